The molecule has 2 aromatic carbocycles. The van der Waals surface area contributed by atoms with E-state index < -0.39 is 17.9 Å². The first-order valence-corrected chi connectivity index (χ1v) is 16.1. The quantitative estimate of drug-likeness (QED) is 0.362. The normalized spacial score (nSPS) is 19.8. The van der Waals surface area contributed by atoms with E-state index in [1.807, 2.05) is 42.3 Å². The van der Waals surface area contributed by atoms with Gasteiger partial charge in [-0.05, 0) is 36.8 Å². The summed E-state index contributed by atoms with van der Waals surface area (Å²) < 4.78 is 23.0. The van der Waals surface area contributed by atoms with Crippen LogP contribution in [0.3, 0.4) is 0 Å². The molecule has 0 radical (unpaired) electrons. The van der Waals surface area contributed by atoms with Gasteiger partial charge in [0.25, 0.3) is 11.8 Å². The molecule has 3 fully saturated rings. The van der Waals surface area contributed by atoms with E-state index in [-0.39, 0.29) is 25.0 Å². The first kappa shape index (κ1) is 31.1. The zero-order chi connectivity index (χ0) is 31.2. The molecule has 0 N–H and O–H groups in total. The van der Waals surface area contributed by atoms with Crippen LogP contribution < -0.4 is 4.90 Å². The van der Waals surface area contributed by atoms with Gasteiger partial charge < -0.3 is 18.9 Å². The summed E-state index contributed by atoms with van der Waals surface area (Å²) in [6.07, 6.45) is 1.83. The standard InChI is InChI=1S/C32H37N5O7S/c1-2-35(34-15-19-42-20-16-34)28(38)25-8-10-26(11-9-25)36(30-33-14-21-45-30)29(39)27-23-44-32(12-17-41-18-13-32)37(27)31(40)43-22-24-6-4-3-5-7-24/h3-11,14,21,27H,2,12-13,15-20,22-23H2,1H3. The first-order valence-electron chi connectivity index (χ1n) is 15.2. The number of thiazole rings is 1. The van der Waals surface area contributed by atoms with Gasteiger partial charge in [-0.1, -0.05) is 30.3 Å². The summed E-state index contributed by atoms with van der Waals surface area (Å²) >= 11 is 1.30. The molecular weight excluding hydrogens is 598 g/mol. The lowest BCUT2D eigenvalue weighted by molar-refractivity contribution is -0.141. The average Bonchev–Trinajstić information content (AvgIpc) is 3.74. The number of carbonyl (C=O) groups is 3. The minimum atomic E-state index is -1.01. The van der Waals surface area contributed by atoms with Crippen molar-refractivity contribution in [1.29, 1.82) is 0 Å². The molecule has 12 nitrogen and oxygen atoms in total. The summed E-state index contributed by atoms with van der Waals surface area (Å²) in [5.74, 6) is -0.511. The van der Waals surface area contributed by atoms with Crippen LogP contribution in [0.15, 0.2) is 66.2 Å². The smallest absolute Gasteiger partial charge is 0.413 e. The fourth-order valence-electron chi connectivity index (χ4n) is 5.98. The van der Waals surface area contributed by atoms with E-state index in [2.05, 4.69) is 4.98 Å². The number of benzene rings is 2. The van der Waals surface area contributed by atoms with Crippen LogP contribution in [-0.2, 0) is 30.3 Å². The van der Waals surface area contributed by atoms with Gasteiger partial charge in [-0.25, -0.2) is 14.8 Å². The Labute approximate surface area is 266 Å². The number of morpholine rings is 1. The highest BCUT2D eigenvalue weighted by Crippen LogP contribution is 2.39. The Morgan fingerprint density at radius 3 is 2.38 bits per heavy atom. The van der Waals surface area contributed by atoms with Crippen molar-refractivity contribution in [3.05, 3.63) is 77.3 Å². The molecule has 3 saturated heterocycles. The minimum absolute atomic E-state index is 0.00270. The fraction of sp³-hybridized carbons (Fsp3) is 0.438. The zero-order valence-corrected chi connectivity index (χ0v) is 26.0. The predicted molar refractivity (Wildman–Crippen MR) is 166 cm³/mol. The van der Waals surface area contributed by atoms with Crippen molar-refractivity contribution >= 4 is 40.1 Å². The number of hydrogen-bond donors (Lipinski definition) is 0. The van der Waals surface area contributed by atoms with Gasteiger partial charge in [0.05, 0.1) is 38.7 Å². The summed E-state index contributed by atoms with van der Waals surface area (Å²) in [6, 6.07) is 15.3. The summed E-state index contributed by atoms with van der Waals surface area (Å²) in [7, 11) is 0. The topological polar surface area (TPSA) is 114 Å². The molecule has 238 valence electrons. The van der Waals surface area contributed by atoms with Gasteiger partial charge in [-0.2, -0.15) is 0 Å². The molecule has 0 aliphatic carbocycles. The third kappa shape index (κ3) is 6.58. The van der Waals surface area contributed by atoms with E-state index in [0.717, 1.165) is 5.56 Å². The maximum absolute atomic E-state index is 14.5. The van der Waals surface area contributed by atoms with Gasteiger partial charge in [0.2, 0.25) is 0 Å². The van der Waals surface area contributed by atoms with E-state index in [9.17, 15) is 14.4 Å². The van der Waals surface area contributed by atoms with E-state index >= 15 is 0 Å². The Morgan fingerprint density at radius 1 is 1.00 bits per heavy atom. The van der Waals surface area contributed by atoms with Crippen LogP contribution in [0.25, 0.3) is 0 Å². The number of rotatable bonds is 8. The van der Waals surface area contributed by atoms with E-state index in [4.69, 9.17) is 18.9 Å². The Balaban J connectivity index is 1.26. The highest BCUT2D eigenvalue weighted by molar-refractivity contribution is 7.13. The Kier molecular flexibility index (Phi) is 9.71. The predicted octanol–water partition coefficient (Wildman–Crippen LogP) is 4.06. The summed E-state index contributed by atoms with van der Waals surface area (Å²) in [5.41, 5.74) is 0.839. The molecule has 3 amide bonds. The Morgan fingerprint density at radius 2 is 1.71 bits per heavy atom. The van der Waals surface area contributed by atoms with Gasteiger partial charge in [0.1, 0.15) is 12.6 Å². The molecule has 4 heterocycles. The van der Waals surface area contributed by atoms with E-state index in [1.54, 1.807) is 40.9 Å². The van der Waals surface area contributed by atoms with Crippen LogP contribution in [0.4, 0.5) is 15.6 Å². The van der Waals surface area contributed by atoms with Gasteiger partial charge in [-0.15, -0.1) is 11.3 Å². The molecule has 3 aliphatic rings. The highest BCUT2D eigenvalue weighted by Gasteiger charge is 2.55. The number of ether oxygens (including phenoxy) is 4. The number of nitrogens with zero attached hydrogens (tertiary/aromatic N) is 5. The van der Waals surface area contributed by atoms with Gasteiger partial charge >= 0.3 is 6.09 Å². The summed E-state index contributed by atoms with van der Waals surface area (Å²) in [4.78, 5) is 49.0. The largest absolute Gasteiger partial charge is 0.444 e. The van der Waals surface area contributed by atoms with Crippen molar-refractivity contribution in [1.82, 2.24) is 19.9 Å². The molecule has 13 heteroatoms. The summed E-state index contributed by atoms with van der Waals surface area (Å²) in [6.45, 7) is 5.76. The van der Waals surface area contributed by atoms with Crippen LogP contribution in [-0.4, -0.2) is 102 Å². The average molecular weight is 636 g/mol. The van der Waals surface area contributed by atoms with Crippen LogP contribution in [0.5, 0.6) is 0 Å². The molecular formula is C32H37N5O7S. The molecule has 1 aromatic heterocycles. The number of hydrogen-bond acceptors (Lipinski definition) is 10. The van der Waals surface area contributed by atoms with Crippen molar-refractivity contribution in [3.63, 3.8) is 0 Å². The van der Waals surface area contributed by atoms with Crippen molar-refractivity contribution in [3.8, 4) is 0 Å². The van der Waals surface area contributed by atoms with Gasteiger partial charge in [0.15, 0.2) is 10.9 Å². The number of hydrazine groups is 1. The second-order valence-electron chi connectivity index (χ2n) is 10.9. The van der Waals surface area contributed by atoms with Gasteiger partial charge in [-0.3, -0.25) is 24.4 Å². The number of anilines is 2. The van der Waals surface area contributed by atoms with Crippen LogP contribution >= 0.6 is 11.3 Å². The first-order chi connectivity index (χ1) is 22.0. The van der Waals surface area contributed by atoms with E-state index in [0.29, 0.717) is 75.3 Å². The van der Waals surface area contributed by atoms with Crippen molar-refractivity contribution < 1.29 is 33.3 Å². The number of carbonyl (C=O) groups excluding carboxylic acids is 3. The lowest BCUT2D eigenvalue weighted by atomic mass is 10.0. The molecule has 45 heavy (non-hydrogen) atoms. The summed E-state index contributed by atoms with van der Waals surface area (Å²) in [5, 5.41) is 5.95. The molecule has 0 saturated carbocycles. The monoisotopic (exact) mass is 635 g/mol. The zero-order valence-electron chi connectivity index (χ0n) is 25.2. The molecule has 3 aliphatic heterocycles. The Hall–Kier alpha value is -3.88. The molecule has 1 unspecified atom stereocenters. The van der Waals surface area contributed by atoms with Crippen LogP contribution in [0.1, 0.15) is 35.7 Å². The van der Waals surface area contributed by atoms with Crippen LogP contribution in [0.2, 0.25) is 0 Å². The lowest BCUT2D eigenvalue weighted by Gasteiger charge is -2.40. The highest BCUT2D eigenvalue weighted by atomic mass is 32.1. The van der Waals surface area contributed by atoms with Crippen molar-refractivity contribution in [2.75, 3.05) is 57.6 Å². The Bertz CT molecular complexity index is 1440. The lowest BCUT2D eigenvalue weighted by Crippen LogP contribution is -2.57. The molecule has 0 bridgehead atoms. The third-order valence-electron chi connectivity index (χ3n) is 8.29. The SMILES string of the molecule is CCN(C(=O)c1ccc(N(C(=O)C2COC3(CCOCC3)N2C(=O)OCc2ccccc2)c2nccs2)cc1)N1CCOCC1. The van der Waals surface area contributed by atoms with Crippen LogP contribution in [0, 0.1) is 0 Å². The number of amides is 3. The molecule has 1 atom stereocenters. The minimum Gasteiger partial charge on any atom is -0.444 e. The maximum Gasteiger partial charge on any atom is 0.413 e. The molecule has 1 spiro atoms. The second kappa shape index (κ2) is 14.0. The van der Waals surface area contributed by atoms with Crippen molar-refractivity contribution in [2.45, 2.75) is 38.1 Å². The fourth-order valence-corrected chi connectivity index (χ4v) is 6.64. The number of aromatic nitrogens is 1. The second-order valence-corrected chi connectivity index (χ2v) is 11.8. The molecule has 3 aromatic rings. The van der Waals surface area contributed by atoms with Gasteiger partial charge in [0, 0.05) is 49.6 Å². The molecule has 6 rings (SSSR count). The third-order valence-corrected chi connectivity index (χ3v) is 9.04. The maximum atomic E-state index is 14.5. The van der Waals surface area contributed by atoms with E-state index in [1.165, 1.54) is 21.1 Å². The van der Waals surface area contributed by atoms with Crippen molar-refractivity contribution in [2.24, 2.45) is 0 Å².